The van der Waals surface area contributed by atoms with Gasteiger partial charge in [-0.3, -0.25) is 0 Å². The van der Waals surface area contributed by atoms with Crippen LogP contribution >= 0.6 is 11.3 Å². The molecule has 7 heteroatoms. The van der Waals surface area contributed by atoms with Gasteiger partial charge in [0.15, 0.2) is 5.65 Å². The average Bonchev–Trinajstić information content (AvgIpc) is 3.07. The monoisotopic (exact) mass is 303 g/mol. The van der Waals surface area contributed by atoms with E-state index in [-0.39, 0.29) is 0 Å². The first kappa shape index (κ1) is 13.0. The van der Waals surface area contributed by atoms with Crippen molar-refractivity contribution in [1.29, 1.82) is 0 Å². The fourth-order valence-electron chi connectivity index (χ4n) is 2.92. The second-order valence-electron chi connectivity index (χ2n) is 5.55. The van der Waals surface area contributed by atoms with Gasteiger partial charge in [0, 0.05) is 11.4 Å². The third kappa shape index (κ3) is 2.08. The Hall–Kier alpha value is -1.73. The van der Waals surface area contributed by atoms with Crippen molar-refractivity contribution in [3.05, 3.63) is 16.8 Å². The maximum atomic E-state index is 9.45. The molecule has 1 aliphatic carbocycles. The Morgan fingerprint density at radius 2 is 2.29 bits per heavy atom. The fourth-order valence-corrected chi connectivity index (χ4v) is 4.18. The summed E-state index contributed by atoms with van der Waals surface area (Å²) in [7, 11) is 0. The highest BCUT2D eigenvalue weighted by Crippen LogP contribution is 2.37. The second kappa shape index (κ2) is 4.92. The lowest BCUT2D eigenvalue weighted by atomic mass is 9.97. The Morgan fingerprint density at radius 1 is 1.43 bits per heavy atom. The SMILES string of the molecule is C[C@@H](O)CNc1nc2sc3c(c2c2ncnn12)CCCC3. The zero-order valence-electron chi connectivity index (χ0n) is 11.8. The number of aromatic nitrogens is 4. The number of rotatable bonds is 3. The zero-order valence-corrected chi connectivity index (χ0v) is 12.7. The van der Waals surface area contributed by atoms with Crippen molar-refractivity contribution in [2.75, 3.05) is 11.9 Å². The van der Waals surface area contributed by atoms with Crippen LogP contribution in [0.25, 0.3) is 15.9 Å². The van der Waals surface area contributed by atoms with Crippen LogP contribution in [0.3, 0.4) is 0 Å². The minimum atomic E-state index is -0.433. The molecule has 0 bridgehead atoms. The van der Waals surface area contributed by atoms with Crippen LogP contribution in [0, 0.1) is 0 Å². The lowest BCUT2D eigenvalue weighted by Crippen LogP contribution is -2.18. The predicted molar refractivity (Wildman–Crippen MR) is 83.0 cm³/mol. The van der Waals surface area contributed by atoms with Crippen LogP contribution in [0.4, 0.5) is 5.95 Å². The molecule has 0 saturated carbocycles. The number of nitrogens with zero attached hydrogens (tertiary/aromatic N) is 4. The van der Waals surface area contributed by atoms with Crippen LogP contribution in [-0.4, -0.2) is 37.3 Å². The summed E-state index contributed by atoms with van der Waals surface area (Å²) < 4.78 is 1.74. The maximum absolute atomic E-state index is 9.45. The van der Waals surface area contributed by atoms with Gasteiger partial charge in [0.2, 0.25) is 5.95 Å². The Balaban J connectivity index is 1.93. The molecule has 1 atom stereocenters. The van der Waals surface area contributed by atoms with Crippen molar-refractivity contribution >= 4 is 33.1 Å². The summed E-state index contributed by atoms with van der Waals surface area (Å²) in [4.78, 5) is 11.6. The zero-order chi connectivity index (χ0) is 14.4. The molecule has 1 aliphatic rings. The van der Waals surface area contributed by atoms with Crippen molar-refractivity contribution in [2.45, 2.75) is 38.7 Å². The summed E-state index contributed by atoms with van der Waals surface area (Å²) in [5, 5.41) is 18.0. The minimum Gasteiger partial charge on any atom is -0.392 e. The maximum Gasteiger partial charge on any atom is 0.227 e. The predicted octanol–water partition coefficient (Wildman–Crippen LogP) is 2.01. The largest absolute Gasteiger partial charge is 0.392 e. The summed E-state index contributed by atoms with van der Waals surface area (Å²) in [5.74, 6) is 0.648. The molecule has 0 fully saturated rings. The molecule has 3 aromatic rings. The smallest absolute Gasteiger partial charge is 0.227 e. The Labute approximate surface area is 125 Å². The van der Waals surface area contributed by atoms with Gasteiger partial charge in [-0.1, -0.05) is 0 Å². The third-order valence-electron chi connectivity index (χ3n) is 3.89. The Morgan fingerprint density at radius 3 is 3.14 bits per heavy atom. The number of hydrogen-bond acceptors (Lipinski definition) is 6. The van der Waals surface area contributed by atoms with Crippen molar-refractivity contribution in [2.24, 2.45) is 0 Å². The molecule has 0 aromatic carbocycles. The normalized spacial score (nSPS) is 16.3. The number of thiophene rings is 1. The molecule has 110 valence electrons. The summed E-state index contributed by atoms with van der Waals surface area (Å²) in [6.45, 7) is 2.19. The molecule has 3 heterocycles. The minimum absolute atomic E-state index is 0.433. The first-order chi connectivity index (χ1) is 10.2. The summed E-state index contributed by atoms with van der Waals surface area (Å²) in [5.41, 5.74) is 2.28. The summed E-state index contributed by atoms with van der Waals surface area (Å²) in [6, 6.07) is 0. The van der Waals surface area contributed by atoms with Gasteiger partial charge in [0.1, 0.15) is 11.2 Å². The number of fused-ring (bicyclic) bond motifs is 5. The topological polar surface area (TPSA) is 75.3 Å². The van der Waals surface area contributed by atoms with Gasteiger partial charge >= 0.3 is 0 Å². The summed E-state index contributed by atoms with van der Waals surface area (Å²) >= 11 is 1.77. The molecule has 0 radical (unpaired) electrons. The number of aryl methyl sites for hydroxylation is 2. The van der Waals surface area contributed by atoms with E-state index in [0.29, 0.717) is 12.5 Å². The molecular formula is C14H17N5OS. The van der Waals surface area contributed by atoms with Gasteiger partial charge in [0.05, 0.1) is 11.5 Å². The van der Waals surface area contributed by atoms with Crippen LogP contribution in [0.1, 0.15) is 30.2 Å². The van der Waals surface area contributed by atoms with Crippen LogP contribution in [0.15, 0.2) is 6.33 Å². The van der Waals surface area contributed by atoms with Crippen LogP contribution in [-0.2, 0) is 12.8 Å². The van der Waals surface area contributed by atoms with Crippen molar-refractivity contribution in [1.82, 2.24) is 19.6 Å². The van der Waals surface area contributed by atoms with E-state index in [1.807, 2.05) is 0 Å². The number of anilines is 1. The number of hydrogen-bond donors (Lipinski definition) is 2. The van der Waals surface area contributed by atoms with Gasteiger partial charge in [-0.15, -0.1) is 11.3 Å². The molecule has 0 amide bonds. The number of nitrogens with one attached hydrogen (secondary N) is 1. The highest BCUT2D eigenvalue weighted by molar-refractivity contribution is 7.19. The molecule has 0 aliphatic heterocycles. The van der Waals surface area contributed by atoms with Crippen LogP contribution < -0.4 is 5.32 Å². The molecule has 0 unspecified atom stereocenters. The van der Waals surface area contributed by atoms with Crippen LogP contribution in [0.2, 0.25) is 0 Å². The quantitative estimate of drug-likeness (QED) is 0.774. The number of aliphatic hydroxyl groups excluding tert-OH is 1. The molecule has 0 saturated heterocycles. The number of aliphatic hydroxyl groups is 1. The van der Waals surface area contributed by atoms with Gasteiger partial charge in [0.25, 0.3) is 0 Å². The van der Waals surface area contributed by atoms with Gasteiger partial charge in [-0.25, -0.2) is 9.97 Å². The van der Waals surface area contributed by atoms with Crippen molar-refractivity contribution < 1.29 is 5.11 Å². The molecule has 21 heavy (non-hydrogen) atoms. The van der Waals surface area contributed by atoms with Gasteiger partial charge in [-0.2, -0.15) is 9.61 Å². The van der Waals surface area contributed by atoms with Crippen LogP contribution in [0.5, 0.6) is 0 Å². The fraction of sp³-hybridized carbons (Fsp3) is 0.500. The van der Waals surface area contributed by atoms with E-state index in [2.05, 4.69) is 15.4 Å². The highest BCUT2D eigenvalue weighted by Gasteiger charge is 2.21. The molecule has 2 N–H and O–H groups in total. The molecular weight excluding hydrogens is 286 g/mol. The lowest BCUT2D eigenvalue weighted by Gasteiger charge is -2.11. The van der Waals surface area contributed by atoms with Crippen molar-refractivity contribution in [3.63, 3.8) is 0 Å². The van der Waals surface area contributed by atoms with E-state index in [9.17, 15) is 5.11 Å². The van der Waals surface area contributed by atoms with E-state index < -0.39 is 6.10 Å². The molecule has 6 nitrogen and oxygen atoms in total. The van der Waals surface area contributed by atoms with E-state index >= 15 is 0 Å². The molecule has 0 spiro atoms. The molecule has 3 aromatic heterocycles. The average molecular weight is 303 g/mol. The van der Waals surface area contributed by atoms with Gasteiger partial charge < -0.3 is 10.4 Å². The first-order valence-corrected chi connectivity index (χ1v) is 8.11. The second-order valence-corrected chi connectivity index (χ2v) is 6.64. The third-order valence-corrected chi connectivity index (χ3v) is 5.07. The van der Waals surface area contributed by atoms with E-state index in [1.165, 1.54) is 23.3 Å². The first-order valence-electron chi connectivity index (χ1n) is 7.30. The highest BCUT2D eigenvalue weighted by atomic mass is 32.1. The van der Waals surface area contributed by atoms with Gasteiger partial charge in [-0.05, 0) is 38.2 Å². The summed E-state index contributed by atoms with van der Waals surface area (Å²) in [6.07, 6.45) is 5.89. The van der Waals surface area contributed by atoms with Crippen molar-refractivity contribution in [3.8, 4) is 0 Å². The van der Waals surface area contributed by atoms with E-state index in [1.54, 1.807) is 29.1 Å². The standard InChI is InChI=1S/C14H17N5OS/c1-8(20)6-15-14-18-13-11(12-16-7-17-19(12)14)9-4-2-3-5-10(9)21-13/h7-8,20H,2-6H2,1H3,(H,15,18)/t8-/m1/s1. The lowest BCUT2D eigenvalue weighted by molar-refractivity contribution is 0.208. The Bertz CT molecular complexity index is 807. The molecule has 4 rings (SSSR count). The van der Waals surface area contributed by atoms with E-state index in [0.717, 1.165) is 28.7 Å². The van der Waals surface area contributed by atoms with E-state index in [4.69, 9.17) is 4.98 Å². The Kier molecular flexibility index (Phi) is 3.04.